The van der Waals surface area contributed by atoms with Crippen LogP contribution < -0.4 is 9.03 Å². The molecule has 0 bridgehead atoms. The number of carbonyl (C=O) groups is 1. The van der Waals surface area contributed by atoms with Gasteiger partial charge in [-0.3, -0.25) is 9.52 Å². The quantitative estimate of drug-likeness (QED) is 0.806. The Morgan fingerprint density at radius 1 is 1.15 bits per heavy atom. The molecule has 2 aromatic rings. The number of rotatable bonds is 4. The first kappa shape index (κ1) is 19.7. The van der Waals surface area contributed by atoms with Crippen LogP contribution in [0.4, 0.5) is 11.4 Å². The fourth-order valence-electron chi connectivity index (χ4n) is 2.77. The molecule has 0 aliphatic carbocycles. The maximum absolute atomic E-state index is 12.6. The Morgan fingerprint density at radius 2 is 1.78 bits per heavy atom. The van der Waals surface area contributed by atoms with Crippen molar-refractivity contribution >= 4 is 48.9 Å². The van der Waals surface area contributed by atoms with Gasteiger partial charge < -0.3 is 0 Å². The molecule has 144 valence electrons. The zero-order valence-corrected chi connectivity index (χ0v) is 16.9. The average Bonchev–Trinajstić information content (AvgIpc) is 2.79. The van der Waals surface area contributed by atoms with Crippen LogP contribution in [0.2, 0.25) is 5.02 Å². The molecule has 1 saturated heterocycles. The van der Waals surface area contributed by atoms with Crippen LogP contribution in [0.5, 0.6) is 0 Å². The van der Waals surface area contributed by atoms with Crippen LogP contribution in [-0.2, 0) is 24.8 Å². The topological polar surface area (TPSA) is 101 Å². The number of hydrogen-bond donors (Lipinski definition) is 1. The van der Waals surface area contributed by atoms with E-state index in [-0.39, 0.29) is 16.3 Å². The third-order valence-electron chi connectivity index (χ3n) is 4.25. The molecule has 1 atom stereocenters. The van der Waals surface area contributed by atoms with Gasteiger partial charge in [0.05, 0.1) is 27.9 Å². The predicted octanol–water partition coefficient (Wildman–Crippen LogP) is 2.76. The van der Waals surface area contributed by atoms with Gasteiger partial charge in [0.2, 0.25) is 15.9 Å². The minimum Gasteiger partial charge on any atom is -0.279 e. The lowest BCUT2D eigenvalue weighted by atomic mass is 10.2. The Hall–Kier alpha value is -2.10. The highest BCUT2D eigenvalue weighted by Gasteiger charge is 2.41. The van der Waals surface area contributed by atoms with E-state index in [2.05, 4.69) is 4.72 Å². The van der Waals surface area contributed by atoms with Crippen LogP contribution in [0.25, 0.3) is 0 Å². The van der Waals surface area contributed by atoms with Gasteiger partial charge in [0.1, 0.15) is 0 Å². The second-order valence-corrected chi connectivity index (χ2v) is 10.2. The Bertz CT molecular complexity index is 1110. The average molecular weight is 429 g/mol. The smallest absolute Gasteiger partial charge is 0.261 e. The normalized spacial score (nSPS) is 19.3. The zero-order chi connectivity index (χ0) is 20.0. The first-order valence-corrected chi connectivity index (χ1v) is 11.4. The number of halogens is 1. The Labute approximate surface area is 163 Å². The van der Waals surface area contributed by atoms with Crippen LogP contribution in [0, 0.1) is 12.8 Å². The molecule has 2 aromatic carbocycles. The van der Waals surface area contributed by atoms with E-state index in [4.69, 9.17) is 11.6 Å². The number of benzene rings is 2. The van der Waals surface area contributed by atoms with Crippen molar-refractivity contribution in [1.82, 2.24) is 0 Å². The van der Waals surface area contributed by atoms with Crippen molar-refractivity contribution in [3.8, 4) is 0 Å². The zero-order valence-electron chi connectivity index (χ0n) is 14.5. The largest absolute Gasteiger partial charge is 0.279 e. The SMILES string of the molecule is Cc1c(Cl)cccc1NS(=O)(=O)c1ccc(N2C(=O)C(C)CS2(=O)=O)cc1. The summed E-state index contributed by atoms with van der Waals surface area (Å²) in [4.78, 5) is 12.1. The minimum atomic E-state index is -3.91. The lowest BCUT2D eigenvalue weighted by molar-refractivity contribution is -0.119. The fraction of sp³-hybridized carbons (Fsp3) is 0.235. The van der Waals surface area contributed by atoms with Gasteiger partial charge in [-0.1, -0.05) is 24.6 Å². The molecule has 1 aliphatic rings. The molecule has 1 N–H and O–H groups in total. The van der Waals surface area contributed by atoms with E-state index >= 15 is 0 Å². The summed E-state index contributed by atoms with van der Waals surface area (Å²) < 4.78 is 52.6. The van der Waals surface area contributed by atoms with Crippen molar-refractivity contribution in [2.24, 2.45) is 5.92 Å². The number of amides is 1. The van der Waals surface area contributed by atoms with Crippen molar-refractivity contribution in [3.05, 3.63) is 53.1 Å². The van der Waals surface area contributed by atoms with E-state index in [0.717, 1.165) is 4.31 Å². The van der Waals surface area contributed by atoms with Gasteiger partial charge in [-0.15, -0.1) is 0 Å². The molecule has 0 spiro atoms. The summed E-state index contributed by atoms with van der Waals surface area (Å²) in [5, 5.41) is 0.428. The molecule has 10 heteroatoms. The molecular weight excluding hydrogens is 412 g/mol. The second kappa shape index (κ2) is 6.81. The highest BCUT2D eigenvalue weighted by molar-refractivity contribution is 7.94. The molecule has 27 heavy (non-hydrogen) atoms. The van der Waals surface area contributed by atoms with E-state index in [1.165, 1.54) is 31.2 Å². The van der Waals surface area contributed by atoms with Crippen LogP contribution in [0.1, 0.15) is 12.5 Å². The number of nitrogens with one attached hydrogen (secondary N) is 1. The summed E-state index contributed by atoms with van der Waals surface area (Å²) >= 11 is 6.01. The van der Waals surface area contributed by atoms with E-state index < -0.39 is 31.9 Å². The first-order chi connectivity index (χ1) is 12.5. The standard InChI is InChI=1S/C17H17ClN2O5S2/c1-11-10-26(22,23)20(17(11)21)13-6-8-14(9-7-13)27(24,25)19-16-5-3-4-15(18)12(16)2/h3-9,11,19H,10H2,1-2H3. The number of carbonyl (C=O) groups excluding carboxylic acids is 1. The molecule has 1 fully saturated rings. The lowest BCUT2D eigenvalue weighted by Crippen LogP contribution is -2.30. The van der Waals surface area contributed by atoms with Crippen molar-refractivity contribution in [2.75, 3.05) is 14.8 Å². The van der Waals surface area contributed by atoms with E-state index in [1.54, 1.807) is 25.1 Å². The highest BCUT2D eigenvalue weighted by atomic mass is 35.5. The third kappa shape index (κ3) is 3.67. The first-order valence-electron chi connectivity index (χ1n) is 7.98. The number of nitrogens with zero attached hydrogens (tertiary/aromatic N) is 1. The maximum atomic E-state index is 12.6. The van der Waals surface area contributed by atoms with Crippen molar-refractivity contribution in [2.45, 2.75) is 18.7 Å². The Morgan fingerprint density at radius 3 is 2.33 bits per heavy atom. The van der Waals surface area contributed by atoms with Gasteiger partial charge in [-0.2, -0.15) is 0 Å². The van der Waals surface area contributed by atoms with Crippen LogP contribution >= 0.6 is 11.6 Å². The molecule has 0 radical (unpaired) electrons. The van der Waals surface area contributed by atoms with Gasteiger partial charge in [-0.25, -0.2) is 21.1 Å². The monoisotopic (exact) mass is 428 g/mol. The molecular formula is C17H17ClN2O5S2. The fourth-order valence-corrected chi connectivity index (χ4v) is 5.89. The van der Waals surface area contributed by atoms with Gasteiger partial charge in [-0.05, 0) is 48.9 Å². The van der Waals surface area contributed by atoms with Crippen LogP contribution in [0.3, 0.4) is 0 Å². The summed E-state index contributed by atoms with van der Waals surface area (Å²) in [5.74, 6) is -1.43. The molecule has 3 rings (SSSR count). The minimum absolute atomic E-state index is 0.0669. The lowest BCUT2D eigenvalue weighted by Gasteiger charge is -2.16. The van der Waals surface area contributed by atoms with Gasteiger partial charge in [0.15, 0.2) is 0 Å². The van der Waals surface area contributed by atoms with Crippen molar-refractivity contribution < 1.29 is 21.6 Å². The Kier molecular flexibility index (Phi) is 4.96. The molecule has 7 nitrogen and oxygen atoms in total. The summed E-state index contributed by atoms with van der Waals surface area (Å²) in [7, 11) is -7.65. The van der Waals surface area contributed by atoms with E-state index in [0.29, 0.717) is 16.3 Å². The van der Waals surface area contributed by atoms with Crippen molar-refractivity contribution in [3.63, 3.8) is 0 Å². The van der Waals surface area contributed by atoms with Crippen LogP contribution in [-0.4, -0.2) is 28.5 Å². The Balaban J connectivity index is 1.91. The molecule has 1 amide bonds. The maximum Gasteiger partial charge on any atom is 0.261 e. The van der Waals surface area contributed by atoms with Gasteiger partial charge >= 0.3 is 0 Å². The number of anilines is 2. The summed E-state index contributed by atoms with van der Waals surface area (Å²) in [6, 6.07) is 9.97. The molecule has 0 aromatic heterocycles. The van der Waals surface area contributed by atoms with Crippen LogP contribution in [0.15, 0.2) is 47.4 Å². The highest BCUT2D eigenvalue weighted by Crippen LogP contribution is 2.30. The van der Waals surface area contributed by atoms with E-state index in [9.17, 15) is 21.6 Å². The van der Waals surface area contributed by atoms with Crippen molar-refractivity contribution in [1.29, 1.82) is 0 Å². The molecule has 1 heterocycles. The summed E-state index contributed by atoms with van der Waals surface area (Å²) in [6.45, 7) is 3.23. The number of sulfonamides is 2. The second-order valence-electron chi connectivity index (χ2n) is 6.29. The third-order valence-corrected chi connectivity index (χ3v) is 7.91. The van der Waals surface area contributed by atoms with Gasteiger partial charge in [0.25, 0.3) is 10.0 Å². The van der Waals surface area contributed by atoms with Gasteiger partial charge in [0, 0.05) is 5.02 Å². The predicted molar refractivity (Wildman–Crippen MR) is 104 cm³/mol. The summed E-state index contributed by atoms with van der Waals surface area (Å²) in [5.41, 5.74) is 1.04. The van der Waals surface area contributed by atoms with E-state index in [1.807, 2.05) is 0 Å². The summed E-state index contributed by atoms with van der Waals surface area (Å²) in [6.07, 6.45) is 0. The molecule has 0 saturated carbocycles. The molecule has 1 unspecified atom stereocenters. The molecule has 1 aliphatic heterocycles. The number of hydrogen-bond acceptors (Lipinski definition) is 5.